The second-order valence-corrected chi connectivity index (χ2v) is 11.1. The summed E-state index contributed by atoms with van der Waals surface area (Å²) in [5.74, 6) is 2.24. The third-order valence-corrected chi connectivity index (χ3v) is 8.11. The van der Waals surface area contributed by atoms with Crippen LogP contribution in [0.3, 0.4) is 0 Å². The summed E-state index contributed by atoms with van der Waals surface area (Å²) in [6.45, 7) is 10.3. The SMILES string of the molecule is Cc1c(C(=O)N2CCC(c3onc4c3CC(C(C)(C)C)CC4)CC2)[nH]c2c1C(=O)CCC2. The molecule has 2 aliphatic carbocycles. The molecule has 2 aromatic heterocycles. The number of fused-ring (bicyclic) bond motifs is 2. The average Bonchev–Trinajstić information content (AvgIpc) is 3.34. The molecular formula is C26H35N3O3. The minimum Gasteiger partial charge on any atom is -0.361 e. The minimum atomic E-state index is 0.0237. The molecule has 1 unspecified atom stereocenters. The van der Waals surface area contributed by atoms with E-state index in [0.717, 1.165) is 66.8 Å². The fourth-order valence-corrected chi connectivity index (χ4v) is 5.98. The normalized spacial score (nSPS) is 22.1. The van der Waals surface area contributed by atoms with Crippen LogP contribution in [0.25, 0.3) is 0 Å². The van der Waals surface area contributed by atoms with Gasteiger partial charge in [-0.3, -0.25) is 9.59 Å². The van der Waals surface area contributed by atoms with Gasteiger partial charge < -0.3 is 14.4 Å². The maximum absolute atomic E-state index is 13.3. The molecule has 3 heterocycles. The first-order chi connectivity index (χ1) is 15.2. The van der Waals surface area contributed by atoms with Gasteiger partial charge in [0.1, 0.15) is 11.5 Å². The summed E-state index contributed by atoms with van der Waals surface area (Å²) in [7, 11) is 0. The van der Waals surface area contributed by atoms with Crippen LogP contribution in [-0.2, 0) is 19.3 Å². The number of nitrogens with zero attached hydrogens (tertiary/aromatic N) is 2. The Morgan fingerprint density at radius 1 is 1.12 bits per heavy atom. The maximum Gasteiger partial charge on any atom is 0.270 e. The number of amides is 1. The van der Waals surface area contributed by atoms with Crippen molar-refractivity contribution >= 4 is 11.7 Å². The fraction of sp³-hybridized carbons (Fsp3) is 0.654. The number of likely N-dealkylation sites (tertiary alicyclic amines) is 1. The van der Waals surface area contributed by atoms with Gasteiger partial charge >= 0.3 is 0 Å². The number of hydrogen-bond acceptors (Lipinski definition) is 4. The van der Waals surface area contributed by atoms with Crippen LogP contribution < -0.4 is 0 Å². The molecule has 32 heavy (non-hydrogen) atoms. The highest BCUT2D eigenvalue weighted by molar-refractivity contribution is 6.04. The quantitative estimate of drug-likeness (QED) is 0.717. The molecule has 0 saturated carbocycles. The highest BCUT2D eigenvalue weighted by atomic mass is 16.5. The first kappa shape index (κ1) is 21.5. The maximum atomic E-state index is 13.3. The smallest absolute Gasteiger partial charge is 0.270 e. The molecule has 1 atom stereocenters. The van der Waals surface area contributed by atoms with Gasteiger partial charge in [-0.05, 0) is 68.8 Å². The van der Waals surface area contributed by atoms with Crippen LogP contribution >= 0.6 is 0 Å². The number of rotatable bonds is 2. The Morgan fingerprint density at radius 2 is 1.88 bits per heavy atom. The van der Waals surface area contributed by atoms with Gasteiger partial charge in [0, 0.05) is 42.2 Å². The largest absolute Gasteiger partial charge is 0.361 e. The number of Topliss-reactive ketones (excluding diaryl/α,β-unsaturated/α-hetero) is 1. The van der Waals surface area contributed by atoms with Crippen LogP contribution in [0, 0.1) is 18.3 Å². The summed E-state index contributed by atoms with van der Waals surface area (Å²) >= 11 is 0. The Hall–Kier alpha value is -2.37. The van der Waals surface area contributed by atoms with Gasteiger partial charge in [0.2, 0.25) is 0 Å². The van der Waals surface area contributed by atoms with Crippen molar-refractivity contribution < 1.29 is 14.1 Å². The second kappa shape index (κ2) is 7.89. The number of piperidine rings is 1. The first-order valence-electron chi connectivity index (χ1n) is 12.2. The Bertz CT molecular complexity index is 1050. The van der Waals surface area contributed by atoms with Crippen LogP contribution in [0.1, 0.15) is 108 Å². The summed E-state index contributed by atoms with van der Waals surface area (Å²) in [5, 5.41) is 4.41. The van der Waals surface area contributed by atoms with E-state index < -0.39 is 0 Å². The molecule has 3 aliphatic rings. The van der Waals surface area contributed by atoms with Gasteiger partial charge in [0.05, 0.1) is 5.69 Å². The van der Waals surface area contributed by atoms with Gasteiger partial charge in [0.15, 0.2) is 5.78 Å². The molecule has 1 N–H and O–H groups in total. The van der Waals surface area contributed by atoms with Crippen LogP contribution in [0.5, 0.6) is 0 Å². The average molecular weight is 438 g/mol. The van der Waals surface area contributed by atoms with Crippen molar-refractivity contribution in [3.63, 3.8) is 0 Å². The lowest BCUT2D eigenvalue weighted by Gasteiger charge is -2.35. The predicted octanol–water partition coefficient (Wildman–Crippen LogP) is 5.00. The van der Waals surface area contributed by atoms with Crippen molar-refractivity contribution in [2.45, 2.75) is 85.0 Å². The number of aryl methyl sites for hydroxylation is 2. The van der Waals surface area contributed by atoms with E-state index in [2.05, 4.69) is 30.9 Å². The molecule has 172 valence electrons. The van der Waals surface area contributed by atoms with Crippen LogP contribution in [-0.4, -0.2) is 39.8 Å². The van der Waals surface area contributed by atoms with Crippen molar-refractivity contribution in [1.82, 2.24) is 15.0 Å². The monoisotopic (exact) mass is 437 g/mol. The molecule has 1 amide bonds. The van der Waals surface area contributed by atoms with E-state index in [-0.39, 0.29) is 17.1 Å². The molecule has 1 fully saturated rings. The lowest BCUT2D eigenvalue weighted by Crippen LogP contribution is -2.38. The van der Waals surface area contributed by atoms with Crippen molar-refractivity contribution in [3.05, 3.63) is 39.5 Å². The summed E-state index contributed by atoms with van der Waals surface area (Å²) < 4.78 is 5.89. The molecule has 0 aromatic carbocycles. The summed E-state index contributed by atoms with van der Waals surface area (Å²) in [4.78, 5) is 30.8. The Balaban J connectivity index is 1.29. The fourth-order valence-electron chi connectivity index (χ4n) is 5.98. The van der Waals surface area contributed by atoms with E-state index in [1.165, 1.54) is 12.0 Å². The molecule has 2 aromatic rings. The topological polar surface area (TPSA) is 79.2 Å². The molecule has 0 bridgehead atoms. The number of carbonyl (C=O) groups excluding carboxylic acids is 2. The van der Waals surface area contributed by atoms with E-state index in [1.54, 1.807) is 0 Å². The third-order valence-electron chi connectivity index (χ3n) is 8.11. The van der Waals surface area contributed by atoms with E-state index in [1.807, 2.05) is 11.8 Å². The van der Waals surface area contributed by atoms with Crippen LogP contribution in [0.15, 0.2) is 4.52 Å². The standard InChI is InChI=1S/C26H35N3O3/c1-15-22-20(6-5-7-21(22)30)27-23(15)25(31)29-12-10-16(11-13-29)24-18-14-17(26(2,3)4)8-9-19(18)28-32-24/h16-17,27H,5-14H2,1-4H3. The van der Waals surface area contributed by atoms with Crippen molar-refractivity contribution in [2.24, 2.45) is 11.3 Å². The van der Waals surface area contributed by atoms with Crippen LogP contribution in [0.2, 0.25) is 0 Å². The van der Waals surface area contributed by atoms with Crippen molar-refractivity contribution in [2.75, 3.05) is 13.1 Å². The zero-order valence-electron chi connectivity index (χ0n) is 19.8. The summed E-state index contributed by atoms with van der Waals surface area (Å²) in [6.07, 6.45) is 7.33. The molecular weight excluding hydrogens is 402 g/mol. The summed E-state index contributed by atoms with van der Waals surface area (Å²) in [6, 6.07) is 0. The van der Waals surface area contributed by atoms with E-state index in [0.29, 0.717) is 37.0 Å². The number of ketones is 1. The lowest BCUT2D eigenvalue weighted by atomic mass is 9.71. The number of nitrogens with one attached hydrogen (secondary N) is 1. The van der Waals surface area contributed by atoms with E-state index in [9.17, 15) is 9.59 Å². The molecule has 1 aliphatic heterocycles. The molecule has 1 saturated heterocycles. The van der Waals surface area contributed by atoms with Gasteiger partial charge in [-0.1, -0.05) is 25.9 Å². The number of hydrogen-bond donors (Lipinski definition) is 1. The van der Waals surface area contributed by atoms with Gasteiger partial charge in [0.25, 0.3) is 5.91 Å². The number of H-pyrrole nitrogens is 1. The zero-order valence-corrected chi connectivity index (χ0v) is 19.8. The first-order valence-corrected chi connectivity index (χ1v) is 12.2. The highest BCUT2D eigenvalue weighted by Crippen LogP contribution is 2.41. The zero-order chi connectivity index (χ0) is 22.6. The molecule has 6 heteroatoms. The van der Waals surface area contributed by atoms with Crippen LogP contribution in [0.4, 0.5) is 0 Å². The lowest BCUT2D eigenvalue weighted by molar-refractivity contribution is 0.0699. The predicted molar refractivity (Wildman–Crippen MR) is 122 cm³/mol. The Labute approximate surface area is 190 Å². The minimum absolute atomic E-state index is 0.0237. The van der Waals surface area contributed by atoms with Gasteiger partial charge in [-0.15, -0.1) is 0 Å². The number of aromatic amines is 1. The van der Waals surface area contributed by atoms with Crippen molar-refractivity contribution in [1.29, 1.82) is 0 Å². The Kier molecular flexibility index (Phi) is 5.30. The summed E-state index contributed by atoms with van der Waals surface area (Å²) in [5.41, 5.74) is 5.91. The molecule has 0 spiro atoms. The number of aromatic nitrogens is 2. The van der Waals surface area contributed by atoms with Gasteiger partial charge in [-0.2, -0.15) is 0 Å². The van der Waals surface area contributed by atoms with E-state index in [4.69, 9.17) is 4.52 Å². The third kappa shape index (κ3) is 3.61. The molecule has 6 nitrogen and oxygen atoms in total. The van der Waals surface area contributed by atoms with Gasteiger partial charge in [-0.25, -0.2) is 0 Å². The second-order valence-electron chi connectivity index (χ2n) is 11.1. The molecule has 0 radical (unpaired) electrons. The molecule has 5 rings (SSSR count). The van der Waals surface area contributed by atoms with Crippen molar-refractivity contribution in [3.8, 4) is 0 Å². The Morgan fingerprint density at radius 3 is 2.56 bits per heavy atom. The highest BCUT2D eigenvalue weighted by Gasteiger charge is 2.36. The van der Waals surface area contributed by atoms with E-state index >= 15 is 0 Å². The number of carbonyl (C=O) groups is 2.